The molecule has 0 aromatic heterocycles. The second-order valence-electron chi connectivity index (χ2n) is 7.48. The Morgan fingerprint density at radius 1 is 0.552 bits per heavy atom. The summed E-state index contributed by atoms with van der Waals surface area (Å²) in [6.07, 6.45) is 0. The predicted molar refractivity (Wildman–Crippen MR) is 120 cm³/mol. The van der Waals surface area contributed by atoms with Gasteiger partial charge in [0.05, 0.1) is 5.56 Å². The smallest absolute Gasteiger partial charge is 0.335 e. The van der Waals surface area contributed by atoms with E-state index in [2.05, 4.69) is 66.7 Å². The number of hydrogen-bond acceptors (Lipinski definition) is 1. The molecule has 2 nitrogen and oxygen atoms in total. The molecule has 0 aliphatic rings. The van der Waals surface area contributed by atoms with Gasteiger partial charge in [0, 0.05) is 0 Å². The van der Waals surface area contributed by atoms with E-state index in [1.807, 2.05) is 12.1 Å². The van der Waals surface area contributed by atoms with E-state index < -0.39 is 5.97 Å². The molecule has 29 heavy (non-hydrogen) atoms. The van der Waals surface area contributed by atoms with Gasteiger partial charge in [-0.15, -0.1) is 0 Å². The highest BCUT2D eigenvalue weighted by molar-refractivity contribution is 6.35. The highest BCUT2D eigenvalue weighted by Crippen LogP contribution is 2.44. The molecular weight excluding hydrogens is 356 g/mol. The van der Waals surface area contributed by atoms with Crippen LogP contribution in [-0.4, -0.2) is 11.1 Å². The predicted octanol–water partition coefficient (Wildman–Crippen LogP) is 7.10. The molecule has 6 aromatic carbocycles. The van der Waals surface area contributed by atoms with Crippen molar-refractivity contribution in [2.24, 2.45) is 0 Å². The zero-order valence-electron chi connectivity index (χ0n) is 15.5. The lowest BCUT2D eigenvalue weighted by molar-refractivity contribution is 0.0697. The lowest BCUT2D eigenvalue weighted by atomic mass is 9.86. The molecule has 0 aliphatic heterocycles. The van der Waals surface area contributed by atoms with Gasteiger partial charge in [0.25, 0.3) is 0 Å². The van der Waals surface area contributed by atoms with Crippen LogP contribution in [-0.2, 0) is 0 Å². The van der Waals surface area contributed by atoms with Gasteiger partial charge in [0.1, 0.15) is 0 Å². The van der Waals surface area contributed by atoms with Gasteiger partial charge in [-0.3, -0.25) is 0 Å². The summed E-state index contributed by atoms with van der Waals surface area (Å²) >= 11 is 0. The lowest BCUT2D eigenvalue weighted by Gasteiger charge is -2.17. The Hall–Kier alpha value is -3.91. The van der Waals surface area contributed by atoms with E-state index in [9.17, 15) is 9.90 Å². The fourth-order valence-electron chi connectivity index (χ4n) is 4.69. The first-order chi connectivity index (χ1) is 14.2. The van der Waals surface area contributed by atoms with Crippen LogP contribution in [0.3, 0.4) is 0 Å². The number of aromatic carboxylic acids is 1. The maximum atomic E-state index is 11.3. The molecule has 136 valence electrons. The summed E-state index contributed by atoms with van der Waals surface area (Å²) in [7, 11) is 0. The van der Waals surface area contributed by atoms with Crippen molar-refractivity contribution in [2.45, 2.75) is 0 Å². The van der Waals surface area contributed by atoms with Crippen molar-refractivity contribution < 1.29 is 9.90 Å². The summed E-state index contributed by atoms with van der Waals surface area (Å²) in [5.74, 6) is -0.905. The number of rotatable bonds is 2. The molecule has 0 aliphatic carbocycles. The van der Waals surface area contributed by atoms with E-state index in [1.54, 1.807) is 12.1 Å². The van der Waals surface area contributed by atoms with E-state index in [4.69, 9.17) is 0 Å². The molecule has 0 unspecified atom stereocenters. The Morgan fingerprint density at radius 3 is 1.79 bits per heavy atom. The maximum Gasteiger partial charge on any atom is 0.335 e. The first-order valence-electron chi connectivity index (χ1n) is 9.64. The van der Waals surface area contributed by atoms with Crippen molar-refractivity contribution in [3.05, 3.63) is 96.6 Å². The summed E-state index contributed by atoms with van der Waals surface area (Å²) in [6, 6.07) is 31.0. The normalized spacial score (nSPS) is 11.7. The van der Waals surface area contributed by atoms with Crippen molar-refractivity contribution in [3.8, 4) is 11.1 Å². The molecule has 0 spiro atoms. The second kappa shape index (κ2) is 5.79. The Balaban J connectivity index is 1.84. The molecule has 0 atom stereocenters. The number of carboxylic acid groups (broad SMARTS) is 1. The Morgan fingerprint density at radius 2 is 1.14 bits per heavy atom. The Kier molecular flexibility index (Phi) is 3.21. The van der Waals surface area contributed by atoms with Gasteiger partial charge in [-0.05, 0) is 66.3 Å². The molecule has 0 fully saturated rings. The van der Waals surface area contributed by atoms with E-state index in [1.165, 1.54) is 43.1 Å². The van der Waals surface area contributed by atoms with E-state index in [-0.39, 0.29) is 0 Å². The van der Waals surface area contributed by atoms with Crippen molar-refractivity contribution in [2.75, 3.05) is 0 Å². The molecule has 0 saturated carbocycles. The number of hydrogen-bond donors (Lipinski definition) is 1. The van der Waals surface area contributed by atoms with Gasteiger partial charge in [-0.25, -0.2) is 4.79 Å². The van der Waals surface area contributed by atoms with Crippen LogP contribution in [0, 0.1) is 0 Å². The zero-order valence-corrected chi connectivity index (χ0v) is 15.5. The average molecular weight is 372 g/mol. The minimum Gasteiger partial charge on any atom is -0.478 e. The van der Waals surface area contributed by atoms with Gasteiger partial charge >= 0.3 is 5.97 Å². The van der Waals surface area contributed by atoms with Gasteiger partial charge < -0.3 is 5.11 Å². The molecule has 0 radical (unpaired) electrons. The van der Waals surface area contributed by atoms with Crippen LogP contribution >= 0.6 is 0 Å². The summed E-state index contributed by atoms with van der Waals surface area (Å²) < 4.78 is 0. The molecule has 1 N–H and O–H groups in total. The second-order valence-corrected chi connectivity index (χ2v) is 7.48. The summed E-state index contributed by atoms with van der Waals surface area (Å²) in [4.78, 5) is 11.3. The van der Waals surface area contributed by atoms with Crippen LogP contribution in [0.1, 0.15) is 10.4 Å². The van der Waals surface area contributed by atoms with Gasteiger partial charge in [0.15, 0.2) is 0 Å². The third-order valence-electron chi connectivity index (χ3n) is 5.95. The zero-order chi connectivity index (χ0) is 19.5. The number of benzene rings is 6. The number of carboxylic acids is 1. The lowest BCUT2D eigenvalue weighted by Crippen LogP contribution is -1.95. The van der Waals surface area contributed by atoms with Crippen LogP contribution < -0.4 is 0 Å². The largest absolute Gasteiger partial charge is 0.478 e. The highest BCUT2D eigenvalue weighted by Gasteiger charge is 2.16. The van der Waals surface area contributed by atoms with Crippen molar-refractivity contribution in [3.63, 3.8) is 0 Å². The van der Waals surface area contributed by atoms with Gasteiger partial charge in [-0.1, -0.05) is 78.9 Å². The van der Waals surface area contributed by atoms with Crippen LogP contribution in [0.4, 0.5) is 0 Å². The topological polar surface area (TPSA) is 37.3 Å². The third kappa shape index (κ3) is 2.20. The minimum absolute atomic E-state index is 0.302. The highest BCUT2D eigenvalue weighted by atomic mass is 16.4. The molecular formula is C27H16O2. The quantitative estimate of drug-likeness (QED) is 0.260. The minimum atomic E-state index is -0.905. The van der Waals surface area contributed by atoms with Crippen LogP contribution in [0.2, 0.25) is 0 Å². The third-order valence-corrected chi connectivity index (χ3v) is 5.95. The molecule has 2 heteroatoms. The van der Waals surface area contributed by atoms with E-state index >= 15 is 0 Å². The summed E-state index contributed by atoms with van der Waals surface area (Å²) in [6.45, 7) is 0. The number of fused-ring (bicyclic) bond motifs is 2. The molecule has 6 rings (SSSR count). The standard InChI is InChI=1S/C27H16O2/c28-27(29)19-12-10-16(11-13-19)20-15-14-18-6-2-8-22-21-7-1-4-17-5-3-9-23(24(17)21)26(20)25(18)22/h1-15H,(H,28,29). The number of carbonyl (C=O) groups is 1. The van der Waals surface area contributed by atoms with Crippen molar-refractivity contribution in [1.82, 2.24) is 0 Å². The molecule has 6 aromatic rings. The molecule has 0 heterocycles. The molecule has 0 saturated heterocycles. The molecule has 0 bridgehead atoms. The van der Waals surface area contributed by atoms with Gasteiger partial charge in [-0.2, -0.15) is 0 Å². The summed E-state index contributed by atoms with van der Waals surface area (Å²) in [5, 5.41) is 19.2. The fourth-order valence-corrected chi connectivity index (χ4v) is 4.69. The van der Waals surface area contributed by atoms with Crippen molar-refractivity contribution in [1.29, 1.82) is 0 Å². The Labute approximate surface area is 167 Å². The first-order valence-corrected chi connectivity index (χ1v) is 9.64. The first kappa shape index (κ1) is 16.1. The monoisotopic (exact) mass is 372 g/mol. The Bertz CT molecular complexity index is 1550. The van der Waals surface area contributed by atoms with E-state index in [0.717, 1.165) is 11.1 Å². The van der Waals surface area contributed by atoms with E-state index in [0.29, 0.717) is 5.56 Å². The fraction of sp³-hybridized carbons (Fsp3) is 0. The average Bonchev–Trinajstić information content (AvgIpc) is 2.77. The van der Waals surface area contributed by atoms with Gasteiger partial charge in [0.2, 0.25) is 0 Å². The SMILES string of the molecule is O=C(O)c1ccc(-c2ccc3cccc4c5cccc6cccc(c2c34)c65)cc1. The van der Waals surface area contributed by atoms with Crippen molar-refractivity contribution >= 4 is 49.1 Å². The van der Waals surface area contributed by atoms with Crippen LogP contribution in [0.5, 0.6) is 0 Å². The maximum absolute atomic E-state index is 11.3. The van der Waals surface area contributed by atoms with Crippen LogP contribution in [0.15, 0.2) is 91.0 Å². The molecule has 0 amide bonds. The summed E-state index contributed by atoms with van der Waals surface area (Å²) in [5.41, 5.74) is 2.46. The van der Waals surface area contributed by atoms with Crippen LogP contribution in [0.25, 0.3) is 54.2 Å².